The Balaban J connectivity index is 2.00. The lowest BCUT2D eigenvalue weighted by Crippen LogP contribution is -2.42. The van der Waals surface area contributed by atoms with Crippen LogP contribution in [-0.2, 0) is 4.74 Å². The molecule has 0 aromatic heterocycles. The largest absolute Gasteiger partial charge is 0.369 e. The summed E-state index contributed by atoms with van der Waals surface area (Å²) < 4.78 is 28.8. The van der Waals surface area contributed by atoms with E-state index in [1.54, 1.807) is 0 Å². The molecule has 0 atom stereocenters. The minimum atomic E-state index is -2.41. The zero-order valence-corrected chi connectivity index (χ0v) is 4.29. The first kappa shape index (κ1) is 4.68. The molecule has 3 heteroatoms. The van der Waals surface area contributed by atoms with Crippen molar-refractivity contribution < 1.29 is 13.5 Å². The lowest BCUT2D eigenvalue weighted by atomic mass is 9.82. The fourth-order valence-corrected chi connectivity index (χ4v) is 1.20. The lowest BCUT2D eigenvalue weighted by molar-refractivity contribution is -0.120. The third-order valence-electron chi connectivity index (χ3n) is 1.71. The molecule has 0 N–H and O–H groups in total. The van der Waals surface area contributed by atoms with Crippen LogP contribution in [0.1, 0.15) is 12.8 Å². The third-order valence-corrected chi connectivity index (χ3v) is 1.71. The molecule has 46 valence electrons. The van der Waals surface area contributed by atoms with Gasteiger partial charge in [0.1, 0.15) is 5.60 Å². The van der Waals surface area contributed by atoms with E-state index in [-0.39, 0.29) is 18.4 Å². The highest BCUT2D eigenvalue weighted by molar-refractivity contribution is 5.08. The molecule has 1 aliphatic heterocycles. The van der Waals surface area contributed by atoms with E-state index in [0.717, 1.165) is 0 Å². The van der Waals surface area contributed by atoms with Crippen LogP contribution >= 0.6 is 0 Å². The standard InChI is InChI=1S/C5H6F2O/c6-5(7)1-4(2-5)3-8-4/h1-3H2. The molecule has 2 fully saturated rings. The van der Waals surface area contributed by atoms with Gasteiger partial charge < -0.3 is 4.74 Å². The van der Waals surface area contributed by atoms with Crippen molar-refractivity contribution in [3.05, 3.63) is 0 Å². The average molecular weight is 120 g/mol. The number of rotatable bonds is 0. The molecule has 0 radical (unpaired) electrons. The van der Waals surface area contributed by atoms with Crippen molar-refractivity contribution in [3.8, 4) is 0 Å². The SMILES string of the molecule is FC1(F)CC2(CO2)C1. The van der Waals surface area contributed by atoms with Gasteiger partial charge in [-0.25, -0.2) is 8.78 Å². The van der Waals surface area contributed by atoms with Gasteiger partial charge in [0.15, 0.2) is 0 Å². The van der Waals surface area contributed by atoms with Crippen LogP contribution in [0, 0.1) is 0 Å². The summed E-state index contributed by atoms with van der Waals surface area (Å²) in [7, 11) is 0. The van der Waals surface area contributed by atoms with E-state index in [0.29, 0.717) is 6.61 Å². The van der Waals surface area contributed by atoms with Crippen LogP contribution in [0.25, 0.3) is 0 Å². The van der Waals surface area contributed by atoms with Crippen LogP contribution in [0.15, 0.2) is 0 Å². The van der Waals surface area contributed by atoms with E-state index < -0.39 is 5.92 Å². The second kappa shape index (κ2) is 0.923. The maximum atomic E-state index is 12.0. The number of epoxide rings is 1. The highest BCUT2D eigenvalue weighted by Crippen LogP contribution is 2.54. The minimum Gasteiger partial charge on any atom is -0.369 e. The summed E-state index contributed by atoms with van der Waals surface area (Å²) in [6.45, 7) is 0.558. The molecule has 0 aromatic rings. The third kappa shape index (κ3) is 0.478. The summed E-state index contributed by atoms with van der Waals surface area (Å²) in [5, 5.41) is 0. The van der Waals surface area contributed by atoms with Crippen molar-refractivity contribution in [1.82, 2.24) is 0 Å². The predicted octanol–water partition coefficient (Wildman–Crippen LogP) is 1.18. The normalized spacial score (nSPS) is 36.8. The topological polar surface area (TPSA) is 12.5 Å². The first-order valence-corrected chi connectivity index (χ1v) is 2.64. The molecule has 0 amide bonds. The van der Waals surface area contributed by atoms with Crippen LogP contribution < -0.4 is 0 Å². The molecular weight excluding hydrogens is 114 g/mol. The van der Waals surface area contributed by atoms with Gasteiger partial charge in [-0.15, -0.1) is 0 Å². The van der Waals surface area contributed by atoms with Crippen molar-refractivity contribution in [2.24, 2.45) is 0 Å². The van der Waals surface area contributed by atoms with Gasteiger partial charge in [-0.2, -0.15) is 0 Å². The van der Waals surface area contributed by atoms with Gasteiger partial charge in [0.05, 0.1) is 6.61 Å². The molecule has 1 nitrogen and oxygen atoms in total. The fourth-order valence-electron chi connectivity index (χ4n) is 1.20. The number of hydrogen-bond donors (Lipinski definition) is 0. The molecule has 2 aliphatic rings. The van der Waals surface area contributed by atoms with Gasteiger partial charge in [0.25, 0.3) is 5.92 Å². The lowest BCUT2D eigenvalue weighted by Gasteiger charge is -2.31. The fraction of sp³-hybridized carbons (Fsp3) is 1.00. The number of hydrogen-bond acceptors (Lipinski definition) is 1. The summed E-state index contributed by atoms with van der Waals surface area (Å²) in [6.07, 6.45) is -0.0833. The van der Waals surface area contributed by atoms with E-state index >= 15 is 0 Å². The molecule has 0 aromatic carbocycles. The Morgan fingerprint density at radius 2 is 1.75 bits per heavy atom. The summed E-state index contributed by atoms with van der Waals surface area (Å²) in [6, 6.07) is 0. The Morgan fingerprint density at radius 1 is 1.25 bits per heavy atom. The van der Waals surface area contributed by atoms with E-state index in [1.165, 1.54) is 0 Å². The average Bonchev–Trinajstić information content (AvgIpc) is 2.12. The first-order chi connectivity index (χ1) is 3.62. The molecule has 1 saturated heterocycles. The van der Waals surface area contributed by atoms with E-state index in [2.05, 4.69) is 0 Å². The van der Waals surface area contributed by atoms with Crippen LogP contribution in [0.4, 0.5) is 8.78 Å². The molecule has 1 saturated carbocycles. The zero-order valence-electron chi connectivity index (χ0n) is 4.29. The number of ether oxygens (including phenoxy) is 1. The van der Waals surface area contributed by atoms with Gasteiger partial charge in [-0.3, -0.25) is 0 Å². The van der Waals surface area contributed by atoms with Crippen molar-refractivity contribution in [3.63, 3.8) is 0 Å². The minimum absolute atomic E-state index is 0.0417. The molecule has 0 bridgehead atoms. The van der Waals surface area contributed by atoms with Crippen LogP contribution in [0.5, 0.6) is 0 Å². The Morgan fingerprint density at radius 3 is 1.88 bits per heavy atom. The molecule has 2 rings (SSSR count). The molecule has 8 heavy (non-hydrogen) atoms. The zero-order chi connectivity index (χ0) is 5.83. The molecule has 1 heterocycles. The second-order valence-electron chi connectivity index (χ2n) is 2.68. The molecule has 1 spiro atoms. The summed E-state index contributed by atoms with van der Waals surface area (Å²) >= 11 is 0. The van der Waals surface area contributed by atoms with Crippen LogP contribution in [0.2, 0.25) is 0 Å². The van der Waals surface area contributed by atoms with Crippen LogP contribution in [0.3, 0.4) is 0 Å². The van der Waals surface area contributed by atoms with Gasteiger partial charge in [0.2, 0.25) is 0 Å². The van der Waals surface area contributed by atoms with E-state index in [9.17, 15) is 8.78 Å². The van der Waals surface area contributed by atoms with Crippen LogP contribution in [-0.4, -0.2) is 18.1 Å². The van der Waals surface area contributed by atoms with Crippen molar-refractivity contribution >= 4 is 0 Å². The Kier molecular flexibility index (Phi) is 0.539. The Hall–Kier alpha value is -0.180. The first-order valence-electron chi connectivity index (χ1n) is 2.64. The quantitative estimate of drug-likeness (QED) is 0.437. The Labute approximate surface area is 45.6 Å². The molecule has 0 unspecified atom stereocenters. The summed E-state index contributed by atoms with van der Waals surface area (Å²) in [4.78, 5) is 0. The summed E-state index contributed by atoms with van der Waals surface area (Å²) in [5.41, 5.74) is -0.344. The van der Waals surface area contributed by atoms with Crippen molar-refractivity contribution in [1.29, 1.82) is 0 Å². The van der Waals surface area contributed by atoms with Crippen molar-refractivity contribution in [2.75, 3.05) is 6.61 Å². The summed E-state index contributed by atoms with van der Waals surface area (Å²) in [5.74, 6) is -2.41. The number of alkyl halides is 2. The number of halogens is 2. The van der Waals surface area contributed by atoms with E-state index in [4.69, 9.17) is 4.74 Å². The maximum absolute atomic E-state index is 12.0. The maximum Gasteiger partial charge on any atom is 0.253 e. The Bertz CT molecular complexity index is 116. The van der Waals surface area contributed by atoms with Crippen molar-refractivity contribution in [2.45, 2.75) is 24.4 Å². The van der Waals surface area contributed by atoms with Gasteiger partial charge in [-0.1, -0.05) is 0 Å². The van der Waals surface area contributed by atoms with E-state index in [1.807, 2.05) is 0 Å². The second-order valence-corrected chi connectivity index (χ2v) is 2.68. The smallest absolute Gasteiger partial charge is 0.253 e. The monoisotopic (exact) mass is 120 g/mol. The highest BCUT2D eigenvalue weighted by atomic mass is 19.3. The van der Waals surface area contributed by atoms with Gasteiger partial charge in [0, 0.05) is 12.8 Å². The molecule has 1 aliphatic carbocycles. The van der Waals surface area contributed by atoms with Gasteiger partial charge >= 0.3 is 0 Å². The highest BCUT2D eigenvalue weighted by Gasteiger charge is 2.65. The molecular formula is C5H6F2O. The predicted molar refractivity (Wildman–Crippen MR) is 22.9 cm³/mol. The van der Waals surface area contributed by atoms with Gasteiger partial charge in [-0.05, 0) is 0 Å².